The third kappa shape index (κ3) is 2.74. The summed E-state index contributed by atoms with van der Waals surface area (Å²) in [4.78, 5) is 24.6. The first kappa shape index (κ1) is 21.3. The van der Waals surface area contributed by atoms with Crippen LogP contribution in [-0.4, -0.2) is 52.9 Å². The predicted octanol–water partition coefficient (Wildman–Crippen LogP) is 2.09. The Hall–Kier alpha value is -1.44. The topological polar surface area (TPSA) is 102 Å². The number of rotatable bonds is 4. The van der Waals surface area contributed by atoms with Crippen molar-refractivity contribution in [1.82, 2.24) is 0 Å². The lowest BCUT2D eigenvalue weighted by atomic mass is 9.49. The molecule has 28 heavy (non-hydrogen) atoms. The summed E-state index contributed by atoms with van der Waals surface area (Å²) in [5, 5.41) is 22.7. The van der Waals surface area contributed by atoms with Crippen molar-refractivity contribution in [3.63, 3.8) is 0 Å². The summed E-state index contributed by atoms with van der Waals surface area (Å²) in [6, 6.07) is 0. The van der Waals surface area contributed by atoms with Crippen molar-refractivity contribution in [2.75, 3.05) is 7.11 Å². The number of esters is 2. The summed E-state index contributed by atoms with van der Waals surface area (Å²) in [6.45, 7) is 9.19. The Kier molecular flexibility index (Phi) is 5.18. The Balaban J connectivity index is 2.02. The maximum absolute atomic E-state index is 12.4. The van der Waals surface area contributed by atoms with Crippen LogP contribution >= 0.6 is 0 Å². The summed E-state index contributed by atoms with van der Waals surface area (Å²) >= 11 is 0. The second-order valence-electron chi connectivity index (χ2n) is 8.93. The molecule has 2 saturated carbocycles. The molecule has 2 aliphatic carbocycles. The number of methoxy groups -OCH3 is 1. The first-order valence-corrected chi connectivity index (χ1v) is 10.1. The highest BCUT2D eigenvalue weighted by Gasteiger charge is 2.70. The van der Waals surface area contributed by atoms with Crippen molar-refractivity contribution >= 4 is 11.9 Å². The van der Waals surface area contributed by atoms with Crippen molar-refractivity contribution in [3.05, 3.63) is 11.1 Å². The smallest absolute Gasteiger partial charge is 0.336 e. The van der Waals surface area contributed by atoms with E-state index in [2.05, 4.69) is 0 Å². The van der Waals surface area contributed by atoms with Gasteiger partial charge in [-0.05, 0) is 26.2 Å². The van der Waals surface area contributed by atoms with Gasteiger partial charge in [0.05, 0.1) is 17.6 Å². The lowest BCUT2D eigenvalue weighted by Gasteiger charge is -2.62. The SMILES string of the molecule is CCC(C)C(=O)O[C@H]1CC[C@]2(O)C[C@]3(O)OC(=O)C(C)=C3[C@@H](OC)[C@]2(C)[C@H]1C. The van der Waals surface area contributed by atoms with Crippen LogP contribution in [0.3, 0.4) is 0 Å². The van der Waals surface area contributed by atoms with E-state index in [1.807, 2.05) is 27.7 Å². The highest BCUT2D eigenvalue weighted by molar-refractivity contribution is 5.92. The number of hydrogen-bond acceptors (Lipinski definition) is 7. The Morgan fingerprint density at radius 3 is 2.61 bits per heavy atom. The predicted molar refractivity (Wildman–Crippen MR) is 99.9 cm³/mol. The summed E-state index contributed by atoms with van der Waals surface area (Å²) in [6.07, 6.45) is 0.218. The molecule has 1 aliphatic heterocycles. The van der Waals surface area contributed by atoms with E-state index >= 15 is 0 Å². The largest absolute Gasteiger partial charge is 0.462 e. The number of fused-ring (bicyclic) bond motifs is 2. The Morgan fingerprint density at radius 1 is 1.39 bits per heavy atom. The van der Waals surface area contributed by atoms with E-state index in [0.29, 0.717) is 30.4 Å². The van der Waals surface area contributed by atoms with Crippen molar-refractivity contribution < 1.29 is 34.0 Å². The van der Waals surface area contributed by atoms with Crippen molar-refractivity contribution in [1.29, 1.82) is 0 Å². The van der Waals surface area contributed by atoms with Gasteiger partial charge < -0.3 is 24.4 Å². The molecule has 1 heterocycles. The van der Waals surface area contributed by atoms with Crippen LogP contribution in [-0.2, 0) is 23.8 Å². The van der Waals surface area contributed by atoms with Gasteiger partial charge in [-0.3, -0.25) is 4.79 Å². The van der Waals surface area contributed by atoms with Gasteiger partial charge in [-0.2, -0.15) is 0 Å². The Morgan fingerprint density at radius 2 is 2.04 bits per heavy atom. The van der Waals surface area contributed by atoms with E-state index in [1.54, 1.807) is 6.92 Å². The third-order valence-electron chi connectivity index (χ3n) is 7.60. The van der Waals surface area contributed by atoms with Crippen LogP contribution < -0.4 is 0 Å². The first-order valence-electron chi connectivity index (χ1n) is 10.1. The van der Waals surface area contributed by atoms with Crippen LogP contribution in [0.5, 0.6) is 0 Å². The molecule has 0 amide bonds. The van der Waals surface area contributed by atoms with Crippen LogP contribution in [0.25, 0.3) is 0 Å². The highest BCUT2D eigenvalue weighted by Crippen LogP contribution is 2.62. The molecule has 0 aromatic rings. The minimum absolute atomic E-state index is 0.120. The van der Waals surface area contributed by atoms with E-state index in [0.717, 1.165) is 0 Å². The van der Waals surface area contributed by atoms with Gasteiger partial charge in [-0.1, -0.05) is 27.7 Å². The van der Waals surface area contributed by atoms with Gasteiger partial charge in [0.25, 0.3) is 0 Å². The van der Waals surface area contributed by atoms with Gasteiger partial charge >= 0.3 is 11.9 Å². The summed E-state index contributed by atoms with van der Waals surface area (Å²) in [5.41, 5.74) is -1.54. The normalized spacial score (nSPS) is 43.9. The Labute approximate surface area is 166 Å². The van der Waals surface area contributed by atoms with Crippen molar-refractivity contribution in [2.45, 2.75) is 83.9 Å². The van der Waals surface area contributed by atoms with Crippen LogP contribution in [0, 0.1) is 17.3 Å². The molecule has 3 aliphatic rings. The molecule has 7 heteroatoms. The van der Waals surface area contributed by atoms with Crippen molar-refractivity contribution in [3.8, 4) is 0 Å². The number of carbonyl (C=O) groups excluding carboxylic acids is 2. The molecule has 0 bridgehead atoms. The molecule has 0 radical (unpaired) electrons. The van der Waals surface area contributed by atoms with E-state index in [1.165, 1.54) is 7.11 Å². The van der Waals surface area contributed by atoms with E-state index in [9.17, 15) is 19.8 Å². The van der Waals surface area contributed by atoms with Gasteiger partial charge in [0.2, 0.25) is 5.79 Å². The van der Waals surface area contributed by atoms with Gasteiger partial charge in [0.15, 0.2) is 0 Å². The summed E-state index contributed by atoms with van der Waals surface area (Å²) < 4.78 is 16.8. The van der Waals surface area contributed by atoms with Crippen LogP contribution in [0.15, 0.2) is 11.1 Å². The molecule has 2 fully saturated rings. The molecule has 3 rings (SSSR count). The fraction of sp³-hybridized carbons (Fsp3) is 0.810. The molecule has 0 spiro atoms. The standard InChI is InChI=1S/C21H32O7/c1-7-11(2)17(22)27-14-8-9-20(24)10-21(25)15(12(3)18(23)28-21)16(26-6)19(20,5)13(14)4/h11,13-14,16,24-25H,7-10H2,1-6H3/t11?,13-,14-,16+,19-,20-,21-/m0/s1. The van der Waals surface area contributed by atoms with Crippen LogP contribution in [0.1, 0.15) is 60.3 Å². The van der Waals surface area contributed by atoms with Gasteiger partial charge in [-0.15, -0.1) is 0 Å². The van der Waals surface area contributed by atoms with E-state index in [4.69, 9.17) is 14.2 Å². The average molecular weight is 396 g/mol. The van der Waals surface area contributed by atoms with Crippen molar-refractivity contribution in [2.24, 2.45) is 17.3 Å². The molecule has 0 aromatic carbocycles. The average Bonchev–Trinajstić information content (AvgIpc) is 2.85. The molecule has 7 nitrogen and oxygen atoms in total. The number of hydrogen-bond donors (Lipinski definition) is 2. The second kappa shape index (κ2) is 6.82. The molecule has 0 saturated heterocycles. The zero-order chi connectivity index (χ0) is 21.1. The molecule has 158 valence electrons. The molecule has 2 N–H and O–H groups in total. The van der Waals surface area contributed by atoms with Gasteiger partial charge in [0.1, 0.15) is 6.10 Å². The summed E-state index contributed by atoms with van der Waals surface area (Å²) in [5.74, 6) is -3.16. The number of aliphatic hydroxyl groups is 2. The molecular weight excluding hydrogens is 364 g/mol. The van der Waals surface area contributed by atoms with Gasteiger partial charge in [0, 0.05) is 36.0 Å². The molecule has 1 unspecified atom stereocenters. The number of ether oxygens (including phenoxy) is 3. The zero-order valence-corrected chi connectivity index (χ0v) is 17.6. The maximum atomic E-state index is 12.4. The van der Waals surface area contributed by atoms with Gasteiger partial charge in [-0.25, -0.2) is 4.79 Å². The molecule has 7 atom stereocenters. The minimum Gasteiger partial charge on any atom is -0.462 e. The fourth-order valence-corrected chi connectivity index (χ4v) is 5.34. The first-order chi connectivity index (χ1) is 12.9. The quantitative estimate of drug-likeness (QED) is 0.702. The maximum Gasteiger partial charge on any atom is 0.336 e. The van der Waals surface area contributed by atoms with E-state index in [-0.39, 0.29) is 30.3 Å². The monoisotopic (exact) mass is 396 g/mol. The fourth-order valence-electron chi connectivity index (χ4n) is 5.34. The van der Waals surface area contributed by atoms with Crippen LogP contribution in [0.2, 0.25) is 0 Å². The molecular formula is C21H32O7. The van der Waals surface area contributed by atoms with Crippen LogP contribution in [0.4, 0.5) is 0 Å². The third-order valence-corrected chi connectivity index (χ3v) is 7.60. The van der Waals surface area contributed by atoms with E-state index < -0.39 is 28.9 Å². The summed E-state index contributed by atoms with van der Waals surface area (Å²) in [7, 11) is 1.49. The second-order valence-corrected chi connectivity index (χ2v) is 8.93. The lowest BCUT2D eigenvalue weighted by molar-refractivity contribution is -0.287. The zero-order valence-electron chi connectivity index (χ0n) is 17.6. The highest BCUT2D eigenvalue weighted by atomic mass is 16.7. The lowest BCUT2D eigenvalue weighted by Crippen LogP contribution is -2.70. The number of carbonyl (C=O) groups is 2. The minimum atomic E-state index is -1.87. The Bertz CT molecular complexity index is 716. The molecule has 0 aromatic heterocycles.